The molecule has 1 aliphatic rings. The lowest BCUT2D eigenvalue weighted by Crippen LogP contribution is -2.55. The number of ketones is 1. The van der Waals surface area contributed by atoms with E-state index in [0.29, 0.717) is 20.6 Å². The van der Waals surface area contributed by atoms with E-state index < -0.39 is 11.6 Å². The first-order chi connectivity index (χ1) is 15.9. The van der Waals surface area contributed by atoms with Gasteiger partial charge in [-0.2, -0.15) is 0 Å². The van der Waals surface area contributed by atoms with Crippen molar-refractivity contribution < 1.29 is 28.3 Å². The van der Waals surface area contributed by atoms with Crippen LogP contribution in [-0.2, 0) is 19.1 Å². The number of allylic oxidation sites excluding steroid dienone is 2. The highest BCUT2D eigenvalue weighted by atomic mass is 32.1. The topological polar surface area (TPSA) is 81.7 Å². The van der Waals surface area contributed by atoms with Crippen molar-refractivity contribution in [3.63, 3.8) is 0 Å². The highest BCUT2D eigenvalue weighted by molar-refractivity contribution is 7.12. The number of Topliss-reactive ketones (excluding diaryl/α,β-unsaturated/α-hetero) is 1. The third-order valence-corrected chi connectivity index (χ3v) is 6.77. The molecular formula is C26H39N2O5S+. The van der Waals surface area contributed by atoms with Gasteiger partial charge in [-0.25, -0.2) is 4.79 Å². The first kappa shape index (κ1) is 27.8. The van der Waals surface area contributed by atoms with E-state index in [-0.39, 0.29) is 31.2 Å². The molecule has 0 aliphatic carbocycles. The number of methoxy groups -OCH3 is 1. The summed E-state index contributed by atoms with van der Waals surface area (Å²) < 4.78 is 10.8. The molecular weight excluding hydrogens is 452 g/mol. The van der Waals surface area contributed by atoms with Gasteiger partial charge in [-0.15, -0.1) is 11.3 Å². The number of carbonyl (C=O) groups excluding carboxylic acids is 3. The standard InChI is InChI=1S/C26H38N2O5S/c1-19(11-14-32-6)15-21(29)16-28(12-9-7-8-10-13-28)17-22(30)27-23-20(2)18-34-24(23)25(31)33-26(3,4)5/h11,14,18H,1,7-10,12-13,15-17H2,2-6H3/p+1/b14-11-. The van der Waals surface area contributed by atoms with Gasteiger partial charge in [0.1, 0.15) is 17.0 Å². The maximum atomic E-state index is 13.2. The van der Waals surface area contributed by atoms with E-state index in [4.69, 9.17) is 9.47 Å². The van der Waals surface area contributed by atoms with Crippen LogP contribution >= 0.6 is 11.3 Å². The van der Waals surface area contributed by atoms with Crippen molar-refractivity contribution in [3.8, 4) is 0 Å². The Morgan fingerprint density at radius 2 is 1.79 bits per heavy atom. The minimum Gasteiger partial charge on any atom is -0.504 e. The van der Waals surface area contributed by atoms with E-state index >= 15 is 0 Å². The van der Waals surface area contributed by atoms with Gasteiger partial charge in [0.15, 0.2) is 12.3 Å². The van der Waals surface area contributed by atoms with Gasteiger partial charge in [0.25, 0.3) is 5.91 Å². The van der Waals surface area contributed by atoms with Gasteiger partial charge >= 0.3 is 5.97 Å². The van der Waals surface area contributed by atoms with Crippen LogP contribution in [0.4, 0.5) is 5.69 Å². The second-order valence-corrected chi connectivity index (χ2v) is 11.0. The minimum atomic E-state index is -0.625. The third kappa shape index (κ3) is 8.72. The number of amides is 1. The normalized spacial score (nSPS) is 16.0. The summed E-state index contributed by atoms with van der Waals surface area (Å²) >= 11 is 1.26. The molecule has 0 spiro atoms. The molecule has 7 nitrogen and oxygen atoms in total. The maximum absolute atomic E-state index is 13.2. The zero-order valence-electron chi connectivity index (χ0n) is 21.2. The zero-order valence-corrected chi connectivity index (χ0v) is 22.0. The van der Waals surface area contributed by atoms with Crippen molar-refractivity contribution >= 4 is 34.7 Å². The van der Waals surface area contributed by atoms with Crippen molar-refractivity contribution in [1.29, 1.82) is 0 Å². The summed E-state index contributed by atoms with van der Waals surface area (Å²) in [5.41, 5.74) is 1.38. The molecule has 188 valence electrons. The van der Waals surface area contributed by atoms with Crippen LogP contribution in [0.3, 0.4) is 0 Å². The molecule has 1 aliphatic heterocycles. The van der Waals surface area contributed by atoms with E-state index in [0.717, 1.165) is 44.3 Å². The molecule has 2 rings (SSSR count). The lowest BCUT2D eigenvalue weighted by molar-refractivity contribution is -0.912. The monoisotopic (exact) mass is 491 g/mol. The van der Waals surface area contributed by atoms with Gasteiger partial charge in [0, 0.05) is 6.42 Å². The summed E-state index contributed by atoms with van der Waals surface area (Å²) in [6, 6.07) is 0. The van der Waals surface area contributed by atoms with Crippen molar-refractivity contribution in [1.82, 2.24) is 0 Å². The maximum Gasteiger partial charge on any atom is 0.351 e. The first-order valence-electron chi connectivity index (χ1n) is 11.8. The van der Waals surface area contributed by atoms with Crippen LogP contribution in [0, 0.1) is 6.92 Å². The second kappa shape index (κ2) is 12.3. The molecule has 1 fully saturated rings. The highest BCUT2D eigenvalue weighted by Gasteiger charge is 2.34. The zero-order chi connectivity index (χ0) is 25.4. The van der Waals surface area contributed by atoms with Crippen LogP contribution in [0.15, 0.2) is 29.9 Å². The number of aryl methyl sites for hydroxylation is 1. The Morgan fingerprint density at radius 1 is 1.15 bits per heavy atom. The summed E-state index contributed by atoms with van der Waals surface area (Å²) in [5, 5.41) is 4.80. The Labute approximate surface area is 207 Å². The number of quaternary nitrogens is 1. The number of nitrogens with one attached hydrogen (secondary N) is 1. The lowest BCUT2D eigenvalue weighted by atomic mass is 10.1. The van der Waals surface area contributed by atoms with Gasteiger partial charge in [0.05, 0.1) is 32.1 Å². The van der Waals surface area contributed by atoms with Crippen LogP contribution in [0.25, 0.3) is 0 Å². The quantitative estimate of drug-likeness (QED) is 0.215. The first-order valence-corrected chi connectivity index (χ1v) is 12.7. The molecule has 1 N–H and O–H groups in total. The van der Waals surface area contributed by atoms with Gasteiger partial charge in [0.2, 0.25) is 0 Å². The average molecular weight is 492 g/mol. The molecule has 1 amide bonds. The number of anilines is 1. The average Bonchev–Trinajstić information content (AvgIpc) is 2.92. The lowest BCUT2D eigenvalue weighted by Gasteiger charge is -2.36. The number of hydrogen-bond acceptors (Lipinski definition) is 6. The molecule has 0 bridgehead atoms. The van der Waals surface area contributed by atoms with Crippen LogP contribution in [0.1, 0.15) is 68.1 Å². The Hall–Kier alpha value is -2.45. The van der Waals surface area contributed by atoms with Crippen LogP contribution < -0.4 is 5.32 Å². The number of likely N-dealkylation sites (tertiary alicyclic amines) is 1. The summed E-state index contributed by atoms with van der Waals surface area (Å²) in [6.45, 7) is 13.3. The largest absolute Gasteiger partial charge is 0.504 e. The SMILES string of the molecule is C=C(/C=C\OC)CC(=O)C[N+]1(CC(=O)Nc2c(C)csc2C(=O)OC(C)(C)C)CCCCCC1. The fourth-order valence-corrected chi connectivity index (χ4v) is 5.08. The molecule has 1 saturated heterocycles. The van der Waals surface area contributed by atoms with Gasteiger partial charge < -0.3 is 19.3 Å². The Balaban J connectivity index is 2.15. The van der Waals surface area contributed by atoms with Crippen molar-refractivity contribution in [3.05, 3.63) is 40.3 Å². The summed E-state index contributed by atoms with van der Waals surface area (Å²) in [5.74, 6) is -0.585. The fraction of sp³-hybridized carbons (Fsp3) is 0.577. The third-order valence-electron chi connectivity index (χ3n) is 5.69. The van der Waals surface area contributed by atoms with Crippen LogP contribution in [0.5, 0.6) is 0 Å². The molecule has 0 unspecified atom stereocenters. The molecule has 0 aromatic carbocycles. The number of nitrogens with zero attached hydrogens (tertiary/aromatic N) is 1. The number of hydrogen-bond donors (Lipinski definition) is 1. The number of thiophene rings is 1. The minimum absolute atomic E-state index is 0.0570. The van der Waals surface area contributed by atoms with Gasteiger partial charge in [-0.3, -0.25) is 9.59 Å². The summed E-state index contributed by atoms with van der Waals surface area (Å²) in [4.78, 5) is 39.2. The number of rotatable bonds is 10. The molecule has 8 heteroatoms. The Bertz CT molecular complexity index is 918. The molecule has 34 heavy (non-hydrogen) atoms. The van der Waals surface area contributed by atoms with Gasteiger partial charge in [-0.05, 0) is 76.0 Å². The van der Waals surface area contributed by atoms with E-state index in [1.54, 1.807) is 13.2 Å². The molecule has 1 aromatic rings. The predicted molar refractivity (Wildman–Crippen MR) is 136 cm³/mol. The highest BCUT2D eigenvalue weighted by Crippen LogP contribution is 2.30. The number of carbonyl (C=O) groups is 3. The van der Waals surface area contributed by atoms with Crippen LogP contribution in [-0.4, -0.2) is 61.0 Å². The molecule has 2 heterocycles. The summed E-state index contributed by atoms with van der Waals surface area (Å²) in [7, 11) is 1.55. The predicted octanol–water partition coefficient (Wildman–Crippen LogP) is 5.02. The Morgan fingerprint density at radius 3 is 2.38 bits per heavy atom. The van der Waals surface area contributed by atoms with E-state index in [9.17, 15) is 14.4 Å². The molecule has 0 radical (unpaired) electrons. The second-order valence-electron chi connectivity index (χ2n) is 10.1. The Kier molecular flexibility index (Phi) is 10.1. The van der Waals surface area contributed by atoms with Crippen molar-refractivity contribution in [2.45, 2.75) is 65.4 Å². The van der Waals surface area contributed by atoms with E-state index in [2.05, 4.69) is 11.9 Å². The molecule has 0 saturated carbocycles. The molecule has 0 atom stereocenters. The summed E-state index contributed by atoms with van der Waals surface area (Å²) in [6.07, 6.45) is 7.59. The van der Waals surface area contributed by atoms with Crippen LogP contribution in [0.2, 0.25) is 0 Å². The number of ether oxygens (including phenoxy) is 2. The smallest absolute Gasteiger partial charge is 0.351 e. The fourth-order valence-electron chi connectivity index (χ4n) is 4.20. The van der Waals surface area contributed by atoms with Crippen molar-refractivity contribution in [2.24, 2.45) is 0 Å². The van der Waals surface area contributed by atoms with E-state index in [1.807, 2.05) is 33.1 Å². The van der Waals surface area contributed by atoms with E-state index in [1.165, 1.54) is 17.6 Å². The number of esters is 1. The molecule has 1 aromatic heterocycles. The van der Waals surface area contributed by atoms with Crippen molar-refractivity contribution in [2.75, 3.05) is 38.6 Å². The van der Waals surface area contributed by atoms with Gasteiger partial charge in [-0.1, -0.05) is 6.58 Å².